The van der Waals surface area contributed by atoms with Gasteiger partial charge in [-0.05, 0) is 43.0 Å². The van der Waals surface area contributed by atoms with Gasteiger partial charge in [-0.1, -0.05) is 17.7 Å². The van der Waals surface area contributed by atoms with Gasteiger partial charge in [0.2, 0.25) is 11.9 Å². The molecular formula is C17H17ClN4O2. The smallest absolute Gasteiger partial charge is 0.226 e. The van der Waals surface area contributed by atoms with Crippen LogP contribution in [0.5, 0.6) is 0 Å². The lowest BCUT2D eigenvalue weighted by Gasteiger charge is -2.14. The number of fused-ring (bicyclic) bond motifs is 1. The Morgan fingerprint density at radius 2 is 2.29 bits per heavy atom. The first-order valence-electron chi connectivity index (χ1n) is 8.02. The number of anilines is 1. The molecule has 3 heterocycles. The Morgan fingerprint density at radius 1 is 1.42 bits per heavy atom. The number of hydrogen-bond donors (Lipinski definition) is 1. The minimum absolute atomic E-state index is 0.0477. The topological polar surface area (TPSA) is 69.0 Å². The summed E-state index contributed by atoms with van der Waals surface area (Å²) in [4.78, 5) is 21.1. The van der Waals surface area contributed by atoms with E-state index in [1.807, 2.05) is 22.8 Å². The fourth-order valence-corrected chi connectivity index (χ4v) is 3.07. The maximum absolute atomic E-state index is 12.3. The SMILES string of the molecule is O=C(CCC1CCOC1)Nc1nc2ccc(Cl)nc2n1C1=CC=C1. The molecule has 1 amide bonds. The molecule has 0 aromatic carbocycles. The number of amides is 1. The van der Waals surface area contributed by atoms with Crippen LogP contribution in [-0.4, -0.2) is 33.7 Å². The summed E-state index contributed by atoms with van der Waals surface area (Å²) in [5.41, 5.74) is 2.25. The lowest BCUT2D eigenvalue weighted by molar-refractivity contribution is -0.116. The van der Waals surface area contributed by atoms with Crippen molar-refractivity contribution < 1.29 is 9.53 Å². The molecule has 1 unspecified atom stereocenters. The molecule has 4 rings (SSSR count). The molecule has 2 aromatic rings. The van der Waals surface area contributed by atoms with Gasteiger partial charge < -0.3 is 4.74 Å². The van der Waals surface area contributed by atoms with E-state index in [4.69, 9.17) is 16.3 Å². The average molecular weight is 345 g/mol. The van der Waals surface area contributed by atoms with Crippen LogP contribution in [0.1, 0.15) is 19.3 Å². The predicted molar refractivity (Wildman–Crippen MR) is 92.7 cm³/mol. The summed E-state index contributed by atoms with van der Waals surface area (Å²) < 4.78 is 7.16. The number of imidazole rings is 1. The molecule has 1 aliphatic heterocycles. The highest BCUT2D eigenvalue weighted by Crippen LogP contribution is 2.28. The van der Waals surface area contributed by atoms with Crippen molar-refractivity contribution in [3.63, 3.8) is 0 Å². The fourth-order valence-electron chi connectivity index (χ4n) is 2.93. The molecule has 0 radical (unpaired) electrons. The molecule has 124 valence electrons. The van der Waals surface area contributed by atoms with Crippen molar-refractivity contribution in [2.45, 2.75) is 19.3 Å². The Balaban J connectivity index is 1.55. The van der Waals surface area contributed by atoms with Gasteiger partial charge in [0.25, 0.3) is 0 Å². The summed E-state index contributed by atoms with van der Waals surface area (Å²) in [5, 5.41) is 3.30. The third kappa shape index (κ3) is 2.95. The van der Waals surface area contributed by atoms with E-state index in [-0.39, 0.29) is 5.91 Å². The van der Waals surface area contributed by atoms with E-state index in [1.54, 1.807) is 12.1 Å². The maximum Gasteiger partial charge on any atom is 0.226 e. The molecule has 1 N–H and O–H groups in total. The molecule has 2 aliphatic rings. The molecule has 7 heteroatoms. The molecule has 24 heavy (non-hydrogen) atoms. The second-order valence-corrected chi connectivity index (χ2v) is 6.40. The number of nitrogens with one attached hydrogen (secondary N) is 1. The number of allylic oxidation sites excluding steroid dienone is 4. The number of aromatic nitrogens is 3. The van der Waals surface area contributed by atoms with Crippen LogP contribution in [0, 0.1) is 5.92 Å². The third-order valence-electron chi connectivity index (χ3n) is 4.32. The minimum Gasteiger partial charge on any atom is -0.381 e. The molecule has 1 atom stereocenters. The van der Waals surface area contributed by atoms with Gasteiger partial charge in [-0.25, -0.2) is 9.97 Å². The van der Waals surface area contributed by atoms with Crippen LogP contribution in [0.3, 0.4) is 0 Å². The Hall–Kier alpha value is -2.18. The highest BCUT2D eigenvalue weighted by Gasteiger charge is 2.20. The lowest BCUT2D eigenvalue weighted by Crippen LogP contribution is -2.17. The molecule has 6 nitrogen and oxygen atoms in total. The number of rotatable bonds is 5. The summed E-state index contributed by atoms with van der Waals surface area (Å²) in [5.74, 6) is 0.906. The van der Waals surface area contributed by atoms with E-state index in [0.29, 0.717) is 34.6 Å². The molecular weight excluding hydrogens is 328 g/mol. The second kappa shape index (κ2) is 6.37. The average Bonchev–Trinajstić information content (AvgIpc) is 3.13. The summed E-state index contributed by atoms with van der Waals surface area (Å²) in [6.45, 7) is 1.56. The Bertz CT molecular complexity index is 850. The van der Waals surface area contributed by atoms with E-state index < -0.39 is 0 Å². The molecule has 0 bridgehead atoms. The van der Waals surface area contributed by atoms with E-state index >= 15 is 0 Å². The standard InChI is InChI=1S/C17H17ClN4O2/c18-14-6-5-13-16(20-14)22(12-2-1-3-12)17(19-13)21-15(23)7-4-11-8-9-24-10-11/h1-3,5-6,11H,4,7-10H2,(H,19,21,23). The van der Waals surface area contributed by atoms with E-state index in [9.17, 15) is 4.79 Å². The van der Waals surface area contributed by atoms with Gasteiger partial charge in [0.05, 0.1) is 5.70 Å². The van der Waals surface area contributed by atoms with E-state index in [1.165, 1.54) is 0 Å². The minimum atomic E-state index is -0.0477. The number of carbonyl (C=O) groups is 1. The molecule has 2 aromatic heterocycles. The van der Waals surface area contributed by atoms with Crippen molar-refractivity contribution in [2.75, 3.05) is 18.5 Å². The van der Waals surface area contributed by atoms with Crippen molar-refractivity contribution in [3.05, 3.63) is 35.5 Å². The molecule has 0 saturated carbocycles. The van der Waals surface area contributed by atoms with E-state index in [2.05, 4.69) is 15.3 Å². The van der Waals surface area contributed by atoms with Crippen molar-refractivity contribution >= 4 is 40.3 Å². The lowest BCUT2D eigenvalue weighted by atomic mass is 10.0. The van der Waals surface area contributed by atoms with Crippen LogP contribution in [0.25, 0.3) is 16.9 Å². The number of ether oxygens (including phenoxy) is 1. The van der Waals surface area contributed by atoms with E-state index in [0.717, 1.165) is 31.8 Å². The number of nitrogens with zero attached hydrogens (tertiary/aromatic N) is 3. The highest BCUT2D eigenvalue weighted by atomic mass is 35.5. The molecule has 1 aliphatic carbocycles. The van der Waals surface area contributed by atoms with Gasteiger partial charge in [0.1, 0.15) is 10.7 Å². The summed E-state index contributed by atoms with van der Waals surface area (Å²) >= 11 is 6.01. The van der Waals surface area contributed by atoms with Crippen LogP contribution in [0.2, 0.25) is 5.15 Å². The van der Waals surface area contributed by atoms with Gasteiger partial charge in [-0.3, -0.25) is 14.7 Å². The fraction of sp³-hybridized carbons (Fsp3) is 0.353. The van der Waals surface area contributed by atoms with Crippen molar-refractivity contribution in [2.24, 2.45) is 5.92 Å². The first-order chi connectivity index (χ1) is 11.7. The van der Waals surface area contributed by atoms with Crippen LogP contribution in [-0.2, 0) is 9.53 Å². The summed E-state index contributed by atoms with van der Waals surface area (Å²) in [6, 6.07) is 3.49. The first-order valence-corrected chi connectivity index (χ1v) is 8.40. The summed E-state index contributed by atoms with van der Waals surface area (Å²) in [7, 11) is 0. The Morgan fingerprint density at radius 3 is 3.00 bits per heavy atom. The van der Waals surface area contributed by atoms with Crippen LogP contribution in [0.4, 0.5) is 5.95 Å². The van der Waals surface area contributed by atoms with Crippen molar-refractivity contribution in [1.82, 2.24) is 14.5 Å². The highest BCUT2D eigenvalue weighted by molar-refractivity contribution is 6.29. The second-order valence-electron chi connectivity index (χ2n) is 6.01. The van der Waals surface area contributed by atoms with Gasteiger partial charge in [0, 0.05) is 19.6 Å². The first kappa shape index (κ1) is 15.4. The number of hydrogen-bond acceptors (Lipinski definition) is 4. The molecule has 0 spiro atoms. The van der Waals surface area contributed by atoms with Gasteiger partial charge in [-0.2, -0.15) is 0 Å². The van der Waals surface area contributed by atoms with Crippen LogP contribution >= 0.6 is 11.6 Å². The maximum atomic E-state index is 12.3. The number of pyridine rings is 1. The van der Waals surface area contributed by atoms with Gasteiger partial charge in [0.15, 0.2) is 5.65 Å². The van der Waals surface area contributed by atoms with Crippen molar-refractivity contribution in [3.8, 4) is 0 Å². The molecule has 1 saturated heterocycles. The zero-order chi connectivity index (χ0) is 16.5. The quantitative estimate of drug-likeness (QED) is 0.845. The van der Waals surface area contributed by atoms with Gasteiger partial charge >= 0.3 is 0 Å². The van der Waals surface area contributed by atoms with Gasteiger partial charge in [-0.15, -0.1) is 0 Å². The zero-order valence-electron chi connectivity index (χ0n) is 13.0. The van der Waals surface area contributed by atoms with Crippen molar-refractivity contribution in [1.29, 1.82) is 0 Å². The molecule has 1 fully saturated rings. The Labute approximate surface area is 144 Å². The Kier molecular flexibility index (Phi) is 4.08. The largest absolute Gasteiger partial charge is 0.381 e. The third-order valence-corrected chi connectivity index (χ3v) is 4.53. The summed E-state index contributed by atoms with van der Waals surface area (Å²) in [6.07, 6.45) is 8.13. The number of halogens is 1. The number of carbonyl (C=O) groups excluding carboxylic acids is 1. The van der Waals surface area contributed by atoms with Crippen LogP contribution in [0.15, 0.2) is 30.4 Å². The zero-order valence-corrected chi connectivity index (χ0v) is 13.8. The predicted octanol–water partition coefficient (Wildman–Crippen LogP) is 3.25. The normalized spacial score (nSPS) is 19.4. The monoisotopic (exact) mass is 344 g/mol. The van der Waals surface area contributed by atoms with Crippen LogP contribution < -0.4 is 5.32 Å².